The number of rotatable bonds is 7. The maximum atomic E-state index is 12.3. The minimum atomic E-state index is -3.81. The highest BCUT2D eigenvalue weighted by Gasteiger charge is 2.16. The van der Waals surface area contributed by atoms with E-state index in [0.29, 0.717) is 5.82 Å². The van der Waals surface area contributed by atoms with Gasteiger partial charge in [-0.25, -0.2) is 8.42 Å². The molecule has 0 saturated heterocycles. The Morgan fingerprint density at radius 1 is 1.12 bits per heavy atom. The molecule has 0 aliphatic rings. The Balaban J connectivity index is 2.13. The van der Waals surface area contributed by atoms with Crippen molar-refractivity contribution in [3.05, 3.63) is 40.4 Å². The standard InChI is InChI=1S/C15H18Cl2N4O2S/c1-3-4-9-21(2)15-8-7-14(18-19-15)20-24(22,23)11-5-6-12(16)13(17)10-11/h5-8,10H,3-4,9H2,1-2H3,(H,18,20). The Hall–Kier alpha value is -1.57. The van der Waals surface area contributed by atoms with Gasteiger partial charge in [-0.3, -0.25) is 4.72 Å². The van der Waals surface area contributed by atoms with Crippen LogP contribution in [0.4, 0.5) is 11.6 Å². The van der Waals surface area contributed by atoms with E-state index in [1.54, 1.807) is 12.1 Å². The molecule has 0 saturated carbocycles. The fraction of sp³-hybridized carbons (Fsp3) is 0.333. The lowest BCUT2D eigenvalue weighted by Crippen LogP contribution is -2.20. The third-order valence-corrected chi connectivity index (χ3v) is 5.42. The predicted molar refractivity (Wildman–Crippen MR) is 97.5 cm³/mol. The van der Waals surface area contributed by atoms with Gasteiger partial charge in [-0.15, -0.1) is 10.2 Å². The smallest absolute Gasteiger partial charge is 0.263 e. The van der Waals surface area contributed by atoms with Crippen molar-refractivity contribution in [2.24, 2.45) is 0 Å². The lowest BCUT2D eigenvalue weighted by atomic mass is 10.3. The second kappa shape index (κ2) is 8.00. The molecule has 1 heterocycles. The van der Waals surface area contributed by atoms with Crippen LogP contribution in [0.15, 0.2) is 35.2 Å². The summed E-state index contributed by atoms with van der Waals surface area (Å²) >= 11 is 11.7. The number of halogens is 2. The van der Waals surface area contributed by atoms with E-state index < -0.39 is 10.0 Å². The second-order valence-corrected chi connectivity index (χ2v) is 7.73. The van der Waals surface area contributed by atoms with Crippen LogP contribution >= 0.6 is 23.2 Å². The Kier molecular flexibility index (Phi) is 6.26. The van der Waals surface area contributed by atoms with Gasteiger partial charge in [-0.1, -0.05) is 36.5 Å². The monoisotopic (exact) mass is 388 g/mol. The van der Waals surface area contributed by atoms with E-state index in [0.717, 1.165) is 19.4 Å². The number of nitrogens with zero attached hydrogens (tertiary/aromatic N) is 3. The van der Waals surface area contributed by atoms with Crippen LogP contribution in [0.2, 0.25) is 10.0 Å². The maximum Gasteiger partial charge on any atom is 0.263 e. The first-order chi connectivity index (χ1) is 11.3. The molecule has 0 spiro atoms. The summed E-state index contributed by atoms with van der Waals surface area (Å²) in [6, 6.07) is 7.37. The van der Waals surface area contributed by atoms with Crippen molar-refractivity contribution in [3.63, 3.8) is 0 Å². The Labute approximate surface area is 151 Å². The summed E-state index contributed by atoms with van der Waals surface area (Å²) in [6.45, 7) is 2.97. The number of anilines is 2. The van der Waals surface area contributed by atoms with E-state index in [4.69, 9.17) is 23.2 Å². The number of benzene rings is 1. The molecule has 0 amide bonds. The van der Waals surface area contributed by atoms with Crippen molar-refractivity contribution in [3.8, 4) is 0 Å². The number of nitrogens with one attached hydrogen (secondary N) is 1. The molecule has 0 atom stereocenters. The number of unbranched alkanes of at least 4 members (excludes halogenated alkanes) is 1. The van der Waals surface area contributed by atoms with Crippen LogP contribution in [0.5, 0.6) is 0 Å². The summed E-state index contributed by atoms with van der Waals surface area (Å²) < 4.78 is 27.0. The van der Waals surface area contributed by atoms with E-state index in [1.165, 1.54) is 18.2 Å². The molecule has 2 aromatic rings. The van der Waals surface area contributed by atoms with Gasteiger partial charge in [-0.05, 0) is 36.8 Å². The first-order valence-corrected chi connectivity index (χ1v) is 9.60. The predicted octanol–water partition coefficient (Wildman–Crippen LogP) is 3.82. The Bertz CT molecular complexity index is 798. The van der Waals surface area contributed by atoms with E-state index in [1.807, 2.05) is 11.9 Å². The molecule has 0 aliphatic heterocycles. The van der Waals surface area contributed by atoms with Crippen molar-refractivity contribution in [1.82, 2.24) is 10.2 Å². The summed E-state index contributed by atoms with van der Waals surface area (Å²) in [5.41, 5.74) is 0. The summed E-state index contributed by atoms with van der Waals surface area (Å²) in [6.07, 6.45) is 2.13. The highest BCUT2D eigenvalue weighted by Crippen LogP contribution is 2.25. The number of hydrogen-bond acceptors (Lipinski definition) is 5. The quantitative estimate of drug-likeness (QED) is 0.779. The van der Waals surface area contributed by atoms with E-state index in [-0.39, 0.29) is 20.8 Å². The highest BCUT2D eigenvalue weighted by atomic mass is 35.5. The van der Waals surface area contributed by atoms with Gasteiger partial charge < -0.3 is 4.90 Å². The molecule has 0 bridgehead atoms. The summed E-state index contributed by atoms with van der Waals surface area (Å²) in [5, 5.41) is 8.41. The first kappa shape index (κ1) is 18.8. The SMILES string of the molecule is CCCCN(C)c1ccc(NS(=O)(=O)c2ccc(Cl)c(Cl)c2)nn1. The van der Waals surface area contributed by atoms with Gasteiger partial charge in [0.25, 0.3) is 10.0 Å². The zero-order chi connectivity index (χ0) is 17.7. The molecule has 2 rings (SSSR count). The van der Waals surface area contributed by atoms with Gasteiger partial charge in [0.15, 0.2) is 11.6 Å². The fourth-order valence-corrected chi connectivity index (χ4v) is 3.32. The van der Waals surface area contributed by atoms with Gasteiger partial charge in [-0.2, -0.15) is 0 Å². The number of aromatic nitrogens is 2. The number of hydrogen-bond donors (Lipinski definition) is 1. The third-order valence-electron chi connectivity index (χ3n) is 3.33. The van der Waals surface area contributed by atoms with Crippen molar-refractivity contribution < 1.29 is 8.42 Å². The van der Waals surface area contributed by atoms with Crippen molar-refractivity contribution in [2.75, 3.05) is 23.2 Å². The van der Waals surface area contributed by atoms with Crippen LogP contribution in [-0.4, -0.2) is 32.2 Å². The topological polar surface area (TPSA) is 75.2 Å². The minimum Gasteiger partial charge on any atom is -0.358 e. The molecule has 130 valence electrons. The summed E-state index contributed by atoms with van der Waals surface area (Å²) in [4.78, 5) is 1.97. The van der Waals surface area contributed by atoms with Gasteiger partial charge in [0.05, 0.1) is 14.9 Å². The molecule has 6 nitrogen and oxygen atoms in total. The molecule has 0 radical (unpaired) electrons. The lowest BCUT2D eigenvalue weighted by Gasteiger charge is -2.17. The van der Waals surface area contributed by atoms with Crippen LogP contribution in [0.25, 0.3) is 0 Å². The molecule has 0 aliphatic carbocycles. The normalized spacial score (nSPS) is 11.3. The lowest BCUT2D eigenvalue weighted by molar-refractivity contribution is 0.601. The van der Waals surface area contributed by atoms with Gasteiger partial charge in [0, 0.05) is 13.6 Å². The molecule has 24 heavy (non-hydrogen) atoms. The van der Waals surface area contributed by atoms with Crippen molar-refractivity contribution >= 4 is 44.9 Å². The van der Waals surface area contributed by atoms with Gasteiger partial charge in [0.1, 0.15) is 0 Å². The van der Waals surface area contributed by atoms with Crippen molar-refractivity contribution in [2.45, 2.75) is 24.7 Å². The van der Waals surface area contributed by atoms with E-state index in [9.17, 15) is 8.42 Å². The average Bonchev–Trinajstić information content (AvgIpc) is 2.55. The van der Waals surface area contributed by atoms with Crippen LogP contribution in [0.1, 0.15) is 19.8 Å². The van der Waals surface area contributed by atoms with E-state index >= 15 is 0 Å². The van der Waals surface area contributed by atoms with Gasteiger partial charge >= 0.3 is 0 Å². The summed E-state index contributed by atoms with van der Waals surface area (Å²) in [5.74, 6) is 0.814. The largest absolute Gasteiger partial charge is 0.358 e. The summed E-state index contributed by atoms with van der Waals surface area (Å²) in [7, 11) is -1.89. The van der Waals surface area contributed by atoms with E-state index in [2.05, 4.69) is 21.8 Å². The maximum absolute atomic E-state index is 12.3. The minimum absolute atomic E-state index is 0.00263. The van der Waals surface area contributed by atoms with Crippen LogP contribution in [-0.2, 0) is 10.0 Å². The molecule has 9 heteroatoms. The Morgan fingerprint density at radius 3 is 2.46 bits per heavy atom. The average molecular weight is 389 g/mol. The van der Waals surface area contributed by atoms with Gasteiger partial charge in [0.2, 0.25) is 0 Å². The number of sulfonamides is 1. The van der Waals surface area contributed by atoms with Crippen molar-refractivity contribution in [1.29, 1.82) is 0 Å². The second-order valence-electron chi connectivity index (χ2n) is 5.23. The van der Waals surface area contributed by atoms with Crippen LogP contribution in [0, 0.1) is 0 Å². The molecule has 1 aromatic heterocycles. The zero-order valence-electron chi connectivity index (χ0n) is 13.3. The fourth-order valence-electron chi connectivity index (χ4n) is 1.93. The first-order valence-electron chi connectivity index (χ1n) is 7.36. The molecular weight excluding hydrogens is 371 g/mol. The third kappa shape index (κ3) is 4.72. The molecular formula is C15H18Cl2N4O2S. The molecule has 0 fully saturated rings. The molecule has 0 unspecified atom stereocenters. The zero-order valence-corrected chi connectivity index (χ0v) is 15.7. The van der Waals surface area contributed by atoms with Crippen LogP contribution < -0.4 is 9.62 Å². The molecule has 1 aromatic carbocycles. The molecule has 1 N–H and O–H groups in total. The van der Waals surface area contributed by atoms with Crippen LogP contribution in [0.3, 0.4) is 0 Å². The highest BCUT2D eigenvalue weighted by molar-refractivity contribution is 7.92. The Morgan fingerprint density at radius 2 is 1.88 bits per heavy atom.